The Morgan fingerprint density at radius 1 is 1.00 bits per heavy atom. The quantitative estimate of drug-likeness (QED) is 0.614. The van der Waals surface area contributed by atoms with Gasteiger partial charge in [0, 0.05) is 5.56 Å². The molecule has 0 fully saturated rings. The number of phenolic OH excluding ortho intramolecular Hbond substituents is 1. The molecule has 1 nitrogen and oxygen atoms in total. The number of hydrogen-bond acceptors (Lipinski definition) is 1. The second-order valence-corrected chi connectivity index (χ2v) is 4.52. The molecule has 17 heavy (non-hydrogen) atoms. The first kappa shape index (κ1) is 13.8. The van der Waals surface area contributed by atoms with Crippen LogP contribution in [0.3, 0.4) is 0 Å². The van der Waals surface area contributed by atoms with Gasteiger partial charge in [-0.05, 0) is 18.9 Å². The van der Waals surface area contributed by atoms with Crippen LogP contribution in [-0.4, -0.2) is 5.11 Å². The Balaban J connectivity index is 2.12. The summed E-state index contributed by atoms with van der Waals surface area (Å²) in [6, 6.07) is 7.46. The standard InChI is InChI=1S/C16H24O/c1-2-3-4-5-6-7-8-9-12-15-13-10-11-14-16(15)17/h9-14,17H,2-8H2,1H3. The van der Waals surface area contributed by atoms with E-state index in [0.717, 1.165) is 12.0 Å². The van der Waals surface area contributed by atoms with Crippen LogP contribution >= 0.6 is 0 Å². The van der Waals surface area contributed by atoms with E-state index in [4.69, 9.17) is 0 Å². The molecule has 1 aromatic rings. The van der Waals surface area contributed by atoms with Crippen molar-refractivity contribution in [3.05, 3.63) is 35.9 Å². The van der Waals surface area contributed by atoms with Gasteiger partial charge in [-0.15, -0.1) is 0 Å². The summed E-state index contributed by atoms with van der Waals surface area (Å²) in [5, 5.41) is 9.56. The Labute approximate surface area is 105 Å². The van der Waals surface area contributed by atoms with Crippen molar-refractivity contribution in [1.29, 1.82) is 0 Å². The van der Waals surface area contributed by atoms with Gasteiger partial charge in [-0.3, -0.25) is 0 Å². The number of benzene rings is 1. The monoisotopic (exact) mass is 232 g/mol. The molecule has 0 amide bonds. The molecule has 0 saturated heterocycles. The van der Waals surface area contributed by atoms with Gasteiger partial charge in [-0.2, -0.15) is 0 Å². The van der Waals surface area contributed by atoms with Gasteiger partial charge in [-0.25, -0.2) is 0 Å². The molecule has 0 unspecified atom stereocenters. The highest BCUT2D eigenvalue weighted by Gasteiger charge is 1.93. The van der Waals surface area contributed by atoms with E-state index in [2.05, 4.69) is 13.0 Å². The number of para-hydroxylation sites is 1. The number of rotatable bonds is 8. The van der Waals surface area contributed by atoms with Crippen LogP contribution in [0.1, 0.15) is 57.4 Å². The molecule has 0 spiro atoms. The van der Waals surface area contributed by atoms with Gasteiger partial charge >= 0.3 is 0 Å². The Hall–Kier alpha value is -1.24. The molecule has 0 aliphatic carbocycles. The molecule has 0 atom stereocenters. The Morgan fingerprint density at radius 2 is 1.71 bits per heavy atom. The van der Waals surface area contributed by atoms with E-state index in [0.29, 0.717) is 5.75 Å². The number of aromatic hydroxyl groups is 1. The van der Waals surface area contributed by atoms with Crippen LogP contribution in [0.25, 0.3) is 6.08 Å². The molecule has 1 rings (SSSR count). The van der Waals surface area contributed by atoms with Crippen LogP contribution in [0.15, 0.2) is 30.3 Å². The maximum Gasteiger partial charge on any atom is 0.122 e. The first-order chi connectivity index (χ1) is 8.34. The normalized spacial score (nSPS) is 11.1. The lowest BCUT2D eigenvalue weighted by molar-refractivity contribution is 0.474. The van der Waals surface area contributed by atoms with Crippen LogP contribution in [0.2, 0.25) is 0 Å². The van der Waals surface area contributed by atoms with E-state index in [-0.39, 0.29) is 0 Å². The van der Waals surface area contributed by atoms with Crippen molar-refractivity contribution in [2.45, 2.75) is 51.9 Å². The molecule has 0 aliphatic rings. The topological polar surface area (TPSA) is 20.2 Å². The van der Waals surface area contributed by atoms with Crippen molar-refractivity contribution in [2.24, 2.45) is 0 Å². The van der Waals surface area contributed by atoms with Crippen LogP contribution in [0.4, 0.5) is 0 Å². The average Bonchev–Trinajstić information content (AvgIpc) is 2.35. The summed E-state index contributed by atoms with van der Waals surface area (Å²) < 4.78 is 0. The minimum absolute atomic E-state index is 0.367. The van der Waals surface area contributed by atoms with Crippen LogP contribution < -0.4 is 0 Å². The van der Waals surface area contributed by atoms with Crippen molar-refractivity contribution in [3.8, 4) is 5.75 Å². The summed E-state index contributed by atoms with van der Waals surface area (Å²) in [7, 11) is 0. The lowest BCUT2D eigenvalue weighted by atomic mass is 10.1. The fourth-order valence-electron chi connectivity index (χ4n) is 1.88. The van der Waals surface area contributed by atoms with E-state index in [1.807, 2.05) is 24.3 Å². The largest absolute Gasteiger partial charge is 0.507 e. The zero-order chi connectivity index (χ0) is 12.3. The summed E-state index contributed by atoms with van der Waals surface area (Å²) in [5.41, 5.74) is 0.915. The van der Waals surface area contributed by atoms with Crippen molar-refractivity contribution < 1.29 is 5.11 Å². The molecule has 0 saturated carbocycles. The van der Waals surface area contributed by atoms with Crippen LogP contribution in [0, 0.1) is 0 Å². The third-order valence-corrected chi connectivity index (χ3v) is 2.96. The van der Waals surface area contributed by atoms with E-state index >= 15 is 0 Å². The first-order valence-electron chi connectivity index (χ1n) is 6.79. The lowest BCUT2D eigenvalue weighted by Crippen LogP contribution is -1.78. The molecule has 94 valence electrons. The van der Waals surface area contributed by atoms with Gasteiger partial charge in [0.05, 0.1) is 0 Å². The van der Waals surface area contributed by atoms with Crippen molar-refractivity contribution in [3.63, 3.8) is 0 Å². The zero-order valence-corrected chi connectivity index (χ0v) is 10.9. The molecule has 0 aliphatic heterocycles. The molecule has 1 aromatic carbocycles. The SMILES string of the molecule is CCCCCCCCC=Cc1ccccc1O. The molecule has 0 radical (unpaired) electrons. The Kier molecular flexibility index (Phi) is 7.20. The molecule has 1 heteroatoms. The summed E-state index contributed by atoms with van der Waals surface area (Å²) in [4.78, 5) is 0. The second kappa shape index (κ2) is 8.86. The highest BCUT2D eigenvalue weighted by Crippen LogP contribution is 2.17. The number of hydrogen-bond donors (Lipinski definition) is 1. The summed E-state index contributed by atoms with van der Waals surface area (Å²) in [6.07, 6.45) is 13.3. The summed E-state index contributed by atoms with van der Waals surface area (Å²) >= 11 is 0. The third kappa shape index (κ3) is 6.15. The molecule has 1 N–H and O–H groups in total. The lowest BCUT2D eigenvalue weighted by Gasteiger charge is -1.99. The first-order valence-corrected chi connectivity index (χ1v) is 6.79. The predicted molar refractivity (Wildman–Crippen MR) is 75.1 cm³/mol. The minimum atomic E-state index is 0.367. The average molecular weight is 232 g/mol. The highest BCUT2D eigenvalue weighted by molar-refractivity contribution is 5.56. The van der Waals surface area contributed by atoms with Gasteiger partial charge in [0.15, 0.2) is 0 Å². The van der Waals surface area contributed by atoms with Gasteiger partial charge in [0.1, 0.15) is 5.75 Å². The maximum absolute atomic E-state index is 9.56. The predicted octanol–water partition coefficient (Wildman–Crippen LogP) is 5.16. The smallest absolute Gasteiger partial charge is 0.122 e. The number of unbranched alkanes of at least 4 members (excludes halogenated alkanes) is 6. The Bertz CT molecular complexity index is 328. The fourth-order valence-corrected chi connectivity index (χ4v) is 1.88. The van der Waals surface area contributed by atoms with Crippen molar-refractivity contribution in [1.82, 2.24) is 0 Å². The van der Waals surface area contributed by atoms with Crippen LogP contribution in [0.5, 0.6) is 5.75 Å². The molecule has 0 bridgehead atoms. The molecular formula is C16H24O. The van der Waals surface area contributed by atoms with E-state index in [1.54, 1.807) is 6.07 Å². The zero-order valence-electron chi connectivity index (χ0n) is 10.9. The van der Waals surface area contributed by atoms with Crippen molar-refractivity contribution >= 4 is 6.08 Å². The highest BCUT2D eigenvalue weighted by atomic mass is 16.3. The van der Waals surface area contributed by atoms with Gasteiger partial charge in [-0.1, -0.05) is 69.4 Å². The third-order valence-electron chi connectivity index (χ3n) is 2.96. The molecule has 0 heterocycles. The van der Waals surface area contributed by atoms with Gasteiger partial charge in [0.25, 0.3) is 0 Å². The summed E-state index contributed by atoms with van der Waals surface area (Å²) in [5.74, 6) is 0.367. The van der Waals surface area contributed by atoms with Crippen LogP contribution in [-0.2, 0) is 0 Å². The second-order valence-electron chi connectivity index (χ2n) is 4.52. The summed E-state index contributed by atoms with van der Waals surface area (Å²) in [6.45, 7) is 2.25. The maximum atomic E-state index is 9.56. The minimum Gasteiger partial charge on any atom is -0.507 e. The van der Waals surface area contributed by atoms with Gasteiger partial charge in [0.2, 0.25) is 0 Å². The fraction of sp³-hybridized carbons (Fsp3) is 0.500. The molecular weight excluding hydrogens is 208 g/mol. The van der Waals surface area contributed by atoms with E-state index in [1.165, 1.54) is 38.5 Å². The number of allylic oxidation sites excluding steroid dienone is 1. The van der Waals surface area contributed by atoms with Crippen molar-refractivity contribution in [2.75, 3.05) is 0 Å². The number of phenols is 1. The van der Waals surface area contributed by atoms with Gasteiger partial charge < -0.3 is 5.11 Å². The molecule has 0 aromatic heterocycles. The van der Waals surface area contributed by atoms with E-state index < -0.39 is 0 Å². The van der Waals surface area contributed by atoms with E-state index in [9.17, 15) is 5.11 Å². The Morgan fingerprint density at radius 3 is 2.47 bits per heavy atom.